The smallest absolute Gasteiger partial charge is 0.145 e. The van der Waals surface area contributed by atoms with Crippen LogP contribution < -0.4 is 0 Å². The largest absolute Gasteiger partial charge is 0.506 e. The van der Waals surface area contributed by atoms with Gasteiger partial charge < -0.3 is 9.94 Å². The summed E-state index contributed by atoms with van der Waals surface area (Å²) in [4.78, 5) is 11.0. The molecular formula is C15H18N2O2S. The van der Waals surface area contributed by atoms with Crippen LogP contribution in [0.1, 0.15) is 37.0 Å². The molecule has 2 aromatic rings. The Balaban J connectivity index is 2.05. The predicted octanol–water partition coefficient (Wildman–Crippen LogP) is 3.93. The van der Waals surface area contributed by atoms with Crippen LogP contribution in [0.4, 0.5) is 0 Å². The fourth-order valence-corrected chi connectivity index (χ4v) is 3.97. The number of aromatic nitrogens is 1. The minimum Gasteiger partial charge on any atom is -0.506 e. The fraction of sp³-hybridized carbons (Fsp3) is 0.467. The number of fused-ring (bicyclic) bond motifs is 1. The second-order valence-corrected chi connectivity index (χ2v) is 6.13. The van der Waals surface area contributed by atoms with Gasteiger partial charge in [-0.1, -0.05) is 24.4 Å². The van der Waals surface area contributed by atoms with E-state index >= 15 is 0 Å². The molecule has 1 fully saturated rings. The summed E-state index contributed by atoms with van der Waals surface area (Å²) in [5.41, 5.74) is 0.882. The average Bonchev–Trinajstić information content (AvgIpc) is 2.83. The Hall–Kier alpha value is -1.62. The van der Waals surface area contributed by atoms with Gasteiger partial charge in [0.1, 0.15) is 23.4 Å². The van der Waals surface area contributed by atoms with Crippen molar-refractivity contribution in [3.8, 4) is 5.75 Å². The van der Waals surface area contributed by atoms with Crippen molar-refractivity contribution in [2.75, 3.05) is 7.11 Å². The van der Waals surface area contributed by atoms with Crippen molar-refractivity contribution in [2.24, 2.45) is 11.1 Å². The van der Waals surface area contributed by atoms with Gasteiger partial charge in [0, 0.05) is 12.1 Å². The Kier molecular flexibility index (Phi) is 3.87. The first-order valence-corrected chi connectivity index (χ1v) is 7.81. The summed E-state index contributed by atoms with van der Waals surface area (Å²) in [6.07, 6.45) is 7.70. The van der Waals surface area contributed by atoms with Gasteiger partial charge in [-0.2, -0.15) is 0 Å². The Labute approximate surface area is 122 Å². The molecule has 106 valence electrons. The molecule has 2 aromatic heterocycles. The third-order valence-electron chi connectivity index (χ3n) is 3.85. The van der Waals surface area contributed by atoms with E-state index in [0.29, 0.717) is 11.7 Å². The third-order valence-corrected chi connectivity index (χ3v) is 4.98. The van der Waals surface area contributed by atoms with E-state index in [0.717, 1.165) is 33.6 Å². The molecule has 1 N–H and O–H groups in total. The lowest BCUT2D eigenvalue weighted by Crippen LogP contribution is -2.18. The maximum Gasteiger partial charge on any atom is 0.145 e. The zero-order valence-electron chi connectivity index (χ0n) is 11.5. The topological polar surface area (TPSA) is 54.7 Å². The van der Waals surface area contributed by atoms with E-state index < -0.39 is 0 Å². The standard InChI is InChI=1S/C15H18N2O2S/c1-19-17-12(10-6-3-2-4-7-10)14-13(18)11-8-5-9-16-15(11)20-14/h5,8-10,18H,2-4,6-7H2,1H3. The van der Waals surface area contributed by atoms with Crippen molar-refractivity contribution in [3.63, 3.8) is 0 Å². The number of thiophene rings is 1. The normalized spacial score (nSPS) is 17.6. The van der Waals surface area contributed by atoms with E-state index in [-0.39, 0.29) is 0 Å². The van der Waals surface area contributed by atoms with Crippen LogP contribution in [0, 0.1) is 5.92 Å². The van der Waals surface area contributed by atoms with Crippen molar-refractivity contribution >= 4 is 27.3 Å². The molecule has 20 heavy (non-hydrogen) atoms. The molecule has 0 aliphatic heterocycles. The molecule has 1 aliphatic carbocycles. The Morgan fingerprint density at radius 1 is 1.40 bits per heavy atom. The maximum atomic E-state index is 10.5. The summed E-state index contributed by atoms with van der Waals surface area (Å²) < 4.78 is 0. The fourth-order valence-electron chi connectivity index (χ4n) is 2.87. The number of rotatable bonds is 3. The summed E-state index contributed by atoms with van der Waals surface area (Å²) >= 11 is 1.49. The van der Waals surface area contributed by atoms with Gasteiger partial charge in [0.15, 0.2) is 0 Å². The molecule has 0 bridgehead atoms. The van der Waals surface area contributed by atoms with Crippen molar-refractivity contribution in [1.82, 2.24) is 4.98 Å². The van der Waals surface area contributed by atoms with Crippen LogP contribution in [-0.2, 0) is 4.84 Å². The Bertz CT molecular complexity index is 630. The van der Waals surface area contributed by atoms with Gasteiger partial charge in [-0.25, -0.2) is 4.98 Å². The molecule has 0 atom stereocenters. The zero-order chi connectivity index (χ0) is 13.9. The number of aromatic hydroxyl groups is 1. The van der Waals surface area contributed by atoms with Crippen molar-refractivity contribution in [1.29, 1.82) is 0 Å². The van der Waals surface area contributed by atoms with Crippen LogP contribution in [-0.4, -0.2) is 22.9 Å². The third kappa shape index (κ3) is 2.38. The van der Waals surface area contributed by atoms with Crippen molar-refractivity contribution < 1.29 is 9.94 Å². The molecule has 0 spiro atoms. The van der Waals surface area contributed by atoms with Crippen LogP contribution in [0.3, 0.4) is 0 Å². The predicted molar refractivity (Wildman–Crippen MR) is 81.4 cm³/mol. The second-order valence-electron chi connectivity index (χ2n) is 5.13. The highest BCUT2D eigenvalue weighted by molar-refractivity contribution is 7.21. The minimum atomic E-state index is 0.291. The van der Waals surface area contributed by atoms with Crippen molar-refractivity contribution in [3.05, 3.63) is 23.2 Å². The van der Waals surface area contributed by atoms with Crippen LogP contribution in [0.5, 0.6) is 5.75 Å². The van der Waals surface area contributed by atoms with Crippen LogP contribution in [0.2, 0.25) is 0 Å². The zero-order valence-corrected chi connectivity index (χ0v) is 12.3. The highest BCUT2D eigenvalue weighted by atomic mass is 32.1. The van der Waals surface area contributed by atoms with E-state index in [9.17, 15) is 5.11 Å². The minimum absolute atomic E-state index is 0.291. The summed E-state index contributed by atoms with van der Waals surface area (Å²) in [6.45, 7) is 0. The van der Waals surface area contributed by atoms with Gasteiger partial charge in [-0.05, 0) is 25.0 Å². The Morgan fingerprint density at radius 2 is 2.20 bits per heavy atom. The second kappa shape index (κ2) is 5.79. The average molecular weight is 290 g/mol. The van der Waals surface area contributed by atoms with E-state index in [1.165, 1.54) is 30.6 Å². The number of pyridine rings is 1. The number of nitrogens with zero attached hydrogens (tertiary/aromatic N) is 2. The highest BCUT2D eigenvalue weighted by Gasteiger charge is 2.26. The lowest BCUT2D eigenvalue weighted by molar-refractivity contribution is 0.210. The molecule has 1 aliphatic rings. The summed E-state index contributed by atoms with van der Waals surface area (Å²) in [6, 6.07) is 3.73. The molecular weight excluding hydrogens is 272 g/mol. The molecule has 0 radical (unpaired) electrons. The molecule has 2 heterocycles. The molecule has 3 rings (SSSR count). The Morgan fingerprint density at radius 3 is 2.90 bits per heavy atom. The first-order chi connectivity index (χ1) is 9.81. The van der Waals surface area contributed by atoms with Crippen LogP contribution in [0.15, 0.2) is 23.5 Å². The highest BCUT2D eigenvalue weighted by Crippen LogP contribution is 2.39. The van der Waals surface area contributed by atoms with E-state index in [1.54, 1.807) is 13.3 Å². The first-order valence-electron chi connectivity index (χ1n) is 6.99. The molecule has 1 saturated carbocycles. The summed E-state index contributed by atoms with van der Waals surface area (Å²) in [7, 11) is 1.56. The SMILES string of the molecule is CON=C(c1sc2ncccc2c1O)C1CCCCC1. The summed E-state index contributed by atoms with van der Waals surface area (Å²) in [5.74, 6) is 0.669. The van der Waals surface area contributed by atoms with Crippen molar-refractivity contribution in [2.45, 2.75) is 32.1 Å². The molecule has 4 nitrogen and oxygen atoms in total. The molecule has 5 heteroatoms. The van der Waals surface area contributed by atoms with E-state index in [4.69, 9.17) is 4.84 Å². The maximum absolute atomic E-state index is 10.5. The van der Waals surface area contributed by atoms with Gasteiger partial charge in [0.05, 0.1) is 10.3 Å². The van der Waals surface area contributed by atoms with Gasteiger partial charge in [0.25, 0.3) is 0 Å². The van der Waals surface area contributed by atoms with Crippen LogP contribution >= 0.6 is 11.3 Å². The quantitative estimate of drug-likeness (QED) is 0.688. The summed E-state index contributed by atoms with van der Waals surface area (Å²) in [5, 5.41) is 15.5. The van der Waals surface area contributed by atoms with E-state index in [2.05, 4.69) is 10.1 Å². The lowest BCUT2D eigenvalue weighted by atomic mass is 9.85. The molecule has 0 unspecified atom stereocenters. The van der Waals surface area contributed by atoms with Gasteiger partial charge in [0.2, 0.25) is 0 Å². The lowest BCUT2D eigenvalue weighted by Gasteiger charge is -2.22. The van der Waals surface area contributed by atoms with Gasteiger partial charge in [-0.15, -0.1) is 11.3 Å². The monoisotopic (exact) mass is 290 g/mol. The van der Waals surface area contributed by atoms with E-state index in [1.807, 2.05) is 12.1 Å². The van der Waals surface area contributed by atoms with Gasteiger partial charge >= 0.3 is 0 Å². The van der Waals surface area contributed by atoms with Crippen LogP contribution in [0.25, 0.3) is 10.2 Å². The van der Waals surface area contributed by atoms with Gasteiger partial charge in [-0.3, -0.25) is 0 Å². The molecule has 0 saturated heterocycles. The first kappa shape index (κ1) is 13.4. The number of hydrogen-bond donors (Lipinski definition) is 1. The number of hydrogen-bond acceptors (Lipinski definition) is 5. The molecule has 0 amide bonds. The molecule has 0 aromatic carbocycles. The number of oxime groups is 1.